The van der Waals surface area contributed by atoms with Crippen molar-refractivity contribution in [3.63, 3.8) is 0 Å². The first-order chi connectivity index (χ1) is 5.52. The normalized spacial score (nSPS) is 10.0. The van der Waals surface area contributed by atoms with Crippen LogP contribution in [0.2, 0.25) is 5.02 Å². The average molecular weight is 272 g/mol. The Morgan fingerprint density at radius 1 is 1.50 bits per heavy atom. The van der Waals surface area contributed by atoms with Gasteiger partial charge in [0.15, 0.2) is 0 Å². The Morgan fingerprint density at radius 3 is 2.50 bits per heavy atom. The van der Waals surface area contributed by atoms with E-state index in [-0.39, 0.29) is 15.1 Å². The summed E-state index contributed by atoms with van der Waals surface area (Å²) in [4.78, 5) is 10.7. The van der Waals surface area contributed by atoms with E-state index in [1.165, 1.54) is 0 Å². The predicted octanol–water partition coefficient (Wildman–Crippen LogP) is 3.62. The Hall–Kier alpha value is -0.120. The molecule has 0 fully saturated rings. The smallest absolute Gasteiger partial charge is 0.255 e. The van der Waals surface area contributed by atoms with Crippen LogP contribution in [0.4, 0.5) is 4.39 Å². The summed E-state index contributed by atoms with van der Waals surface area (Å²) < 4.78 is 12.9. The summed E-state index contributed by atoms with van der Waals surface area (Å²) in [6, 6.07) is 2.16. The molecule has 0 unspecified atom stereocenters. The van der Waals surface area contributed by atoms with Crippen LogP contribution < -0.4 is 0 Å². The summed E-state index contributed by atoms with van der Waals surface area (Å²) in [6.07, 6.45) is 0. The Labute approximate surface area is 86.6 Å². The van der Waals surface area contributed by atoms with Gasteiger partial charge in [0.25, 0.3) is 5.24 Å². The quantitative estimate of drug-likeness (QED) is 0.713. The molecule has 0 saturated heterocycles. The van der Waals surface area contributed by atoms with Crippen LogP contribution in [0.3, 0.4) is 0 Å². The molecule has 0 aliphatic carbocycles. The zero-order valence-electron chi connectivity index (χ0n) is 5.57. The number of carbonyl (C=O) groups is 1. The molecule has 0 radical (unpaired) electrons. The van der Waals surface area contributed by atoms with E-state index in [1.807, 2.05) is 0 Å². The van der Waals surface area contributed by atoms with E-state index in [0.717, 1.165) is 12.1 Å². The Bertz CT molecular complexity index is 317. The first-order valence-corrected chi connectivity index (χ1v) is 4.41. The Balaban J connectivity index is 3.38. The maximum atomic E-state index is 12.6. The number of rotatable bonds is 1. The fraction of sp³-hybridized carbons (Fsp3) is 0. The monoisotopic (exact) mass is 270 g/mol. The van der Waals surface area contributed by atoms with Gasteiger partial charge in [-0.1, -0.05) is 11.6 Å². The van der Waals surface area contributed by atoms with Crippen molar-refractivity contribution in [2.45, 2.75) is 0 Å². The van der Waals surface area contributed by atoms with E-state index in [4.69, 9.17) is 23.2 Å². The molecule has 1 aromatic rings. The van der Waals surface area contributed by atoms with Gasteiger partial charge in [0, 0.05) is 4.47 Å². The summed E-state index contributed by atoms with van der Waals surface area (Å²) in [5, 5.41) is -0.714. The van der Waals surface area contributed by atoms with E-state index in [0.29, 0.717) is 0 Å². The summed E-state index contributed by atoms with van der Waals surface area (Å²) in [7, 11) is 0. The third-order valence-corrected chi connectivity index (χ3v) is 2.32. The zero-order valence-corrected chi connectivity index (χ0v) is 8.67. The van der Waals surface area contributed by atoms with Crippen LogP contribution in [0.25, 0.3) is 0 Å². The van der Waals surface area contributed by atoms with Crippen molar-refractivity contribution in [2.24, 2.45) is 0 Å². The van der Waals surface area contributed by atoms with Crippen LogP contribution in [0, 0.1) is 5.82 Å². The molecule has 5 heteroatoms. The third kappa shape index (κ3) is 1.97. The molecule has 0 spiro atoms. The van der Waals surface area contributed by atoms with Crippen molar-refractivity contribution in [1.82, 2.24) is 0 Å². The molecule has 64 valence electrons. The molecule has 1 nitrogen and oxygen atoms in total. The highest BCUT2D eigenvalue weighted by molar-refractivity contribution is 9.10. The van der Waals surface area contributed by atoms with E-state index >= 15 is 0 Å². The van der Waals surface area contributed by atoms with Crippen molar-refractivity contribution >= 4 is 44.4 Å². The first-order valence-electron chi connectivity index (χ1n) is 2.86. The fourth-order valence-corrected chi connectivity index (χ4v) is 2.11. The minimum absolute atomic E-state index is 0.00174. The highest BCUT2D eigenvalue weighted by Gasteiger charge is 2.13. The fourth-order valence-electron chi connectivity index (χ4n) is 0.730. The molecular formula is C7H2BrCl2FO. The maximum absolute atomic E-state index is 12.6. The van der Waals surface area contributed by atoms with Gasteiger partial charge in [-0.05, 0) is 39.7 Å². The molecule has 0 saturated carbocycles. The van der Waals surface area contributed by atoms with Crippen LogP contribution in [-0.4, -0.2) is 5.24 Å². The minimum atomic E-state index is -0.716. The van der Waals surface area contributed by atoms with Crippen molar-refractivity contribution in [3.8, 4) is 0 Å². The maximum Gasteiger partial charge on any atom is 0.255 e. The van der Waals surface area contributed by atoms with Gasteiger partial charge in [0.05, 0.1) is 10.6 Å². The summed E-state index contributed by atoms with van der Waals surface area (Å²) in [5.41, 5.74) is 0.0831. The van der Waals surface area contributed by atoms with Crippen molar-refractivity contribution in [1.29, 1.82) is 0 Å². The summed E-state index contributed by atoms with van der Waals surface area (Å²) in [6.45, 7) is 0. The van der Waals surface area contributed by atoms with Gasteiger partial charge in [0.1, 0.15) is 5.82 Å². The molecule has 12 heavy (non-hydrogen) atoms. The van der Waals surface area contributed by atoms with Crippen LogP contribution in [0.5, 0.6) is 0 Å². The average Bonchev–Trinajstić information content (AvgIpc) is 1.82. The van der Waals surface area contributed by atoms with E-state index in [1.54, 1.807) is 0 Å². The lowest BCUT2D eigenvalue weighted by Gasteiger charge is -2.01. The zero-order chi connectivity index (χ0) is 9.30. The number of carbonyl (C=O) groups excluding carboxylic acids is 1. The molecule has 0 aliphatic heterocycles. The van der Waals surface area contributed by atoms with Crippen molar-refractivity contribution in [3.05, 3.63) is 33.0 Å². The van der Waals surface area contributed by atoms with E-state index < -0.39 is 11.1 Å². The molecule has 0 aliphatic rings. The van der Waals surface area contributed by atoms with Crippen LogP contribution in [0.1, 0.15) is 10.4 Å². The molecule has 0 aromatic heterocycles. The van der Waals surface area contributed by atoms with Gasteiger partial charge in [-0.2, -0.15) is 0 Å². The van der Waals surface area contributed by atoms with Crippen LogP contribution in [-0.2, 0) is 0 Å². The Kier molecular flexibility index (Phi) is 3.09. The summed E-state index contributed by atoms with van der Waals surface area (Å²) in [5.74, 6) is -0.520. The van der Waals surface area contributed by atoms with Crippen molar-refractivity contribution in [2.75, 3.05) is 0 Å². The van der Waals surface area contributed by atoms with Gasteiger partial charge in [0.2, 0.25) is 0 Å². The SMILES string of the molecule is O=C(Cl)c1c(Cl)cc(F)cc1Br. The second kappa shape index (κ2) is 3.73. The number of halogens is 4. The molecular weight excluding hydrogens is 270 g/mol. The molecule has 0 bridgehead atoms. The summed E-state index contributed by atoms with van der Waals surface area (Å²) >= 11 is 13.7. The van der Waals surface area contributed by atoms with Gasteiger partial charge < -0.3 is 0 Å². The van der Waals surface area contributed by atoms with Gasteiger partial charge >= 0.3 is 0 Å². The highest BCUT2D eigenvalue weighted by atomic mass is 79.9. The van der Waals surface area contributed by atoms with Gasteiger partial charge in [-0.25, -0.2) is 4.39 Å². The molecule has 0 heterocycles. The standard InChI is InChI=1S/C7H2BrCl2FO/c8-4-1-3(11)2-5(9)6(4)7(10)12/h1-2H. The lowest BCUT2D eigenvalue weighted by atomic mass is 10.2. The number of benzene rings is 1. The predicted molar refractivity (Wildman–Crippen MR) is 49.3 cm³/mol. The molecule has 1 aromatic carbocycles. The highest BCUT2D eigenvalue weighted by Crippen LogP contribution is 2.27. The van der Waals surface area contributed by atoms with Crippen LogP contribution >= 0.6 is 39.1 Å². The van der Waals surface area contributed by atoms with E-state index in [2.05, 4.69) is 15.9 Å². The second-order valence-electron chi connectivity index (χ2n) is 2.02. The second-order valence-corrected chi connectivity index (χ2v) is 3.62. The van der Waals surface area contributed by atoms with E-state index in [9.17, 15) is 9.18 Å². The molecule has 0 atom stereocenters. The number of hydrogen-bond donors (Lipinski definition) is 0. The molecule has 0 amide bonds. The van der Waals surface area contributed by atoms with Gasteiger partial charge in [-0.3, -0.25) is 4.79 Å². The largest absolute Gasteiger partial charge is 0.276 e. The van der Waals surface area contributed by atoms with Crippen molar-refractivity contribution < 1.29 is 9.18 Å². The first kappa shape index (κ1) is 9.96. The Morgan fingerprint density at radius 2 is 2.08 bits per heavy atom. The third-order valence-electron chi connectivity index (χ3n) is 1.20. The number of hydrogen-bond acceptors (Lipinski definition) is 1. The molecule has 1 rings (SSSR count). The lowest BCUT2D eigenvalue weighted by molar-refractivity contribution is 0.108. The van der Waals surface area contributed by atoms with Crippen LogP contribution in [0.15, 0.2) is 16.6 Å². The topological polar surface area (TPSA) is 17.1 Å². The van der Waals surface area contributed by atoms with Gasteiger partial charge in [-0.15, -0.1) is 0 Å². The minimum Gasteiger partial charge on any atom is -0.276 e. The molecule has 0 N–H and O–H groups in total. The lowest BCUT2D eigenvalue weighted by Crippen LogP contribution is -1.93.